The molecule has 2 aromatic carbocycles. The van der Waals surface area contributed by atoms with Gasteiger partial charge in [-0.2, -0.15) is 0 Å². The predicted octanol–water partition coefficient (Wildman–Crippen LogP) is 2.68. The highest BCUT2D eigenvalue weighted by Crippen LogP contribution is 2.18. The Morgan fingerprint density at radius 2 is 1.50 bits per heavy atom. The van der Waals surface area contributed by atoms with Gasteiger partial charge < -0.3 is 9.97 Å². The number of benzene rings is 2. The van der Waals surface area contributed by atoms with Crippen molar-refractivity contribution >= 4 is 44.9 Å². The van der Waals surface area contributed by atoms with Crippen molar-refractivity contribution in [3.8, 4) is 0 Å². The van der Waals surface area contributed by atoms with Crippen LogP contribution in [-0.4, -0.2) is 9.97 Å². The van der Waals surface area contributed by atoms with Gasteiger partial charge in [0.1, 0.15) is 0 Å². The Morgan fingerprint density at radius 1 is 0.808 bits per heavy atom. The summed E-state index contributed by atoms with van der Waals surface area (Å²) >= 11 is 0. The molecule has 0 spiro atoms. The van der Waals surface area contributed by atoms with Gasteiger partial charge in [0.25, 0.3) is 0 Å². The molecule has 0 aliphatic heterocycles. The highest BCUT2D eigenvalue weighted by Gasteiger charge is 2.09. The molecular weight excluding hydrogens is 324 g/mol. The van der Waals surface area contributed by atoms with Crippen molar-refractivity contribution in [1.82, 2.24) is 9.97 Å². The maximum atomic E-state index is 12.9. The zero-order valence-electron chi connectivity index (χ0n) is 14.6. The fourth-order valence-corrected chi connectivity index (χ4v) is 3.35. The predicted molar refractivity (Wildman–Crippen MR) is 109 cm³/mol. The quantitative estimate of drug-likeness (QED) is 0.522. The zero-order valence-corrected chi connectivity index (χ0v) is 14.6. The lowest BCUT2D eigenvalue weighted by atomic mass is 10.1. The number of aromatic nitrogens is 2. The molecule has 0 unspecified atom stereocenters. The van der Waals surface area contributed by atoms with Crippen LogP contribution in [0.1, 0.15) is 13.8 Å². The Kier molecular flexibility index (Phi) is 3.81. The summed E-state index contributed by atoms with van der Waals surface area (Å²) in [5.41, 5.74) is 2.00. The first-order valence-corrected chi connectivity index (χ1v) is 8.54. The van der Waals surface area contributed by atoms with Crippen LogP contribution in [0.25, 0.3) is 44.9 Å². The maximum Gasteiger partial charge on any atom is 0.197 e. The minimum absolute atomic E-state index is 0.0396. The third-order valence-electron chi connectivity index (χ3n) is 4.64. The molecule has 0 fully saturated rings. The molecule has 2 N–H and O–H groups in total. The van der Waals surface area contributed by atoms with Crippen molar-refractivity contribution in [1.29, 1.82) is 0 Å². The van der Waals surface area contributed by atoms with Crippen LogP contribution in [0.4, 0.5) is 0 Å². The van der Waals surface area contributed by atoms with Gasteiger partial charge in [0.2, 0.25) is 0 Å². The minimum atomic E-state index is -0.0482. The molecule has 0 bridgehead atoms. The van der Waals surface area contributed by atoms with Crippen molar-refractivity contribution in [3.63, 3.8) is 0 Å². The Balaban J connectivity index is 2.24. The fraction of sp³-hybridized carbons (Fsp3) is 0.0909. The van der Waals surface area contributed by atoms with Gasteiger partial charge in [-0.15, -0.1) is 0 Å². The fourth-order valence-electron chi connectivity index (χ4n) is 3.35. The highest BCUT2D eigenvalue weighted by atomic mass is 16.1. The van der Waals surface area contributed by atoms with Crippen molar-refractivity contribution in [2.24, 2.45) is 0 Å². The Hall–Kier alpha value is -3.40. The number of pyridine rings is 2. The molecule has 2 aromatic heterocycles. The molecule has 128 valence electrons. The standard InChI is InChI=1S/C22H18N2O2/c1-3-5-9-17-13(4-2)21(25)15-11-20-16(12-19(15)23-17)22(26)14-8-6-7-10-18(14)24-20/h3-12,23H,1-2H3,(H,24,26)/b5-3-,13-4+,17-9+. The van der Waals surface area contributed by atoms with E-state index in [1.807, 2.05) is 50.3 Å². The van der Waals surface area contributed by atoms with Crippen LogP contribution in [0.5, 0.6) is 0 Å². The van der Waals surface area contributed by atoms with Crippen LogP contribution < -0.4 is 21.4 Å². The van der Waals surface area contributed by atoms with Crippen LogP contribution in [0.3, 0.4) is 0 Å². The van der Waals surface area contributed by atoms with E-state index in [0.29, 0.717) is 32.4 Å². The first kappa shape index (κ1) is 16.1. The van der Waals surface area contributed by atoms with E-state index in [-0.39, 0.29) is 10.9 Å². The van der Waals surface area contributed by atoms with Crippen LogP contribution in [-0.2, 0) is 0 Å². The summed E-state index contributed by atoms with van der Waals surface area (Å²) in [5.74, 6) is 0. The molecule has 0 radical (unpaired) electrons. The van der Waals surface area contributed by atoms with E-state index in [4.69, 9.17) is 0 Å². The molecule has 4 heteroatoms. The first-order valence-electron chi connectivity index (χ1n) is 8.54. The van der Waals surface area contributed by atoms with E-state index in [9.17, 15) is 9.59 Å². The Labute approximate surface area is 148 Å². The second-order valence-electron chi connectivity index (χ2n) is 6.21. The number of para-hydroxylation sites is 1. The van der Waals surface area contributed by atoms with Crippen molar-refractivity contribution in [2.45, 2.75) is 13.8 Å². The molecule has 4 rings (SSSR count). The summed E-state index contributed by atoms with van der Waals surface area (Å²) < 4.78 is 0. The lowest BCUT2D eigenvalue weighted by Crippen LogP contribution is -2.40. The van der Waals surface area contributed by atoms with E-state index in [0.717, 1.165) is 10.9 Å². The summed E-state index contributed by atoms with van der Waals surface area (Å²) in [4.78, 5) is 32.4. The second-order valence-corrected chi connectivity index (χ2v) is 6.21. The van der Waals surface area contributed by atoms with E-state index in [1.165, 1.54) is 0 Å². The number of allylic oxidation sites excluding steroid dienone is 2. The van der Waals surface area contributed by atoms with Crippen LogP contribution in [0, 0.1) is 0 Å². The number of aromatic amines is 2. The van der Waals surface area contributed by atoms with Gasteiger partial charge >= 0.3 is 0 Å². The SMILES string of the molecule is C\C=C/C=c1/[nH]c2cc3c(=O)c4ccccc4[nH]c3cc2c(=O)/c1=C/C. The summed E-state index contributed by atoms with van der Waals surface area (Å²) in [5, 5.41) is 3.13. The molecule has 0 aliphatic carbocycles. The average molecular weight is 342 g/mol. The number of rotatable bonds is 1. The van der Waals surface area contributed by atoms with Crippen LogP contribution in [0.15, 0.2) is 58.1 Å². The van der Waals surface area contributed by atoms with E-state index in [2.05, 4.69) is 9.97 Å². The molecule has 0 amide bonds. The van der Waals surface area contributed by atoms with Crippen LogP contribution in [0.2, 0.25) is 0 Å². The molecule has 4 nitrogen and oxygen atoms in total. The van der Waals surface area contributed by atoms with Gasteiger partial charge in [0, 0.05) is 32.2 Å². The number of nitrogens with one attached hydrogen (secondary N) is 2. The number of hydrogen-bond acceptors (Lipinski definition) is 2. The second kappa shape index (κ2) is 6.15. The van der Waals surface area contributed by atoms with Gasteiger partial charge in [-0.05, 0) is 44.2 Å². The van der Waals surface area contributed by atoms with Crippen molar-refractivity contribution < 1.29 is 0 Å². The molecule has 4 aromatic rings. The molecule has 0 saturated carbocycles. The molecule has 0 saturated heterocycles. The average Bonchev–Trinajstić information content (AvgIpc) is 2.66. The zero-order chi connectivity index (χ0) is 18.3. The van der Waals surface area contributed by atoms with Crippen LogP contribution >= 0.6 is 0 Å². The van der Waals surface area contributed by atoms with Crippen molar-refractivity contribution in [3.05, 3.63) is 79.6 Å². The third kappa shape index (κ3) is 2.39. The molecule has 26 heavy (non-hydrogen) atoms. The van der Waals surface area contributed by atoms with Gasteiger partial charge in [0.15, 0.2) is 10.9 Å². The molecule has 0 aliphatic rings. The lowest BCUT2D eigenvalue weighted by Gasteiger charge is -2.05. The van der Waals surface area contributed by atoms with Gasteiger partial charge in [-0.25, -0.2) is 0 Å². The summed E-state index contributed by atoms with van der Waals surface area (Å²) in [7, 11) is 0. The lowest BCUT2D eigenvalue weighted by molar-refractivity contribution is 1.26. The Morgan fingerprint density at radius 3 is 2.23 bits per heavy atom. The number of hydrogen-bond donors (Lipinski definition) is 2. The van der Waals surface area contributed by atoms with Crippen molar-refractivity contribution in [2.75, 3.05) is 0 Å². The van der Waals surface area contributed by atoms with E-state index >= 15 is 0 Å². The van der Waals surface area contributed by atoms with Gasteiger partial charge in [-0.1, -0.05) is 30.4 Å². The Bertz CT molecular complexity index is 1440. The molecule has 0 atom stereocenters. The maximum absolute atomic E-state index is 12.9. The topological polar surface area (TPSA) is 65.7 Å². The third-order valence-corrected chi connectivity index (χ3v) is 4.64. The smallest absolute Gasteiger partial charge is 0.197 e. The van der Waals surface area contributed by atoms with Gasteiger partial charge in [0.05, 0.1) is 11.0 Å². The minimum Gasteiger partial charge on any atom is -0.354 e. The number of fused-ring (bicyclic) bond motifs is 3. The first-order chi connectivity index (χ1) is 12.6. The highest BCUT2D eigenvalue weighted by molar-refractivity contribution is 5.99. The largest absolute Gasteiger partial charge is 0.354 e. The molecule has 2 heterocycles. The molecular formula is C22H18N2O2. The van der Waals surface area contributed by atoms with E-state index < -0.39 is 0 Å². The normalized spacial score (nSPS) is 13.6. The summed E-state index contributed by atoms with van der Waals surface area (Å²) in [6.45, 7) is 3.77. The van der Waals surface area contributed by atoms with Gasteiger partial charge in [-0.3, -0.25) is 9.59 Å². The van der Waals surface area contributed by atoms with E-state index in [1.54, 1.807) is 24.3 Å². The summed E-state index contributed by atoms with van der Waals surface area (Å²) in [6.07, 6.45) is 7.45. The summed E-state index contributed by atoms with van der Waals surface area (Å²) in [6, 6.07) is 10.9. The number of H-pyrrole nitrogens is 2. The monoisotopic (exact) mass is 342 g/mol.